The van der Waals surface area contributed by atoms with Gasteiger partial charge in [0, 0.05) is 31.8 Å². The Morgan fingerprint density at radius 1 is 0.722 bits per heavy atom. The molecule has 7 heteroatoms. The summed E-state index contributed by atoms with van der Waals surface area (Å²) in [5.74, 6) is -3.01. The number of carbonyl (C=O) groups is 2. The van der Waals surface area contributed by atoms with E-state index in [1.54, 1.807) is 0 Å². The lowest BCUT2D eigenvalue weighted by Gasteiger charge is -2.30. The van der Waals surface area contributed by atoms with Crippen LogP contribution >= 0.6 is 0 Å². The molecule has 186 valence electrons. The molecule has 1 heterocycles. The van der Waals surface area contributed by atoms with Crippen molar-refractivity contribution in [3.8, 4) is 0 Å². The Bertz CT molecular complexity index is 1150. The quantitative estimate of drug-likeness (QED) is 0.428. The van der Waals surface area contributed by atoms with Crippen molar-refractivity contribution in [1.82, 2.24) is 4.90 Å². The molecular formula is C29H27F2NO4. The zero-order valence-electron chi connectivity index (χ0n) is 19.6. The fourth-order valence-electron chi connectivity index (χ4n) is 4.02. The molecule has 3 aromatic carbocycles. The minimum atomic E-state index is -1.26. The van der Waals surface area contributed by atoms with Crippen molar-refractivity contribution < 1.29 is 28.6 Å². The number of likely N-dealkylation sites (tertiary alicyclic amines) is 1. The molecule has 2 N–H and O–H groups in total. The molecular weight excluding hydrogens is 464 g/mol. The molecule has 0 bridgehead atoms. The molecule has 0 aliphatic carbocycles. The SMILES string of the molecule is Fc1ccc(C(=C2CCN(Cc3ccccc3)CC2)c2ccc(F)cc2)cc1.O=C(O)C=CC(=O)O. The molecule has 0 spiro atoms. The Balaban J connectivity index is 0.000000392. The Hall–Kier alpha value is -4.10. The van der Waals surface area contributed by atoms with Gasteiger partial charge < -0.3 is 10.2 Å². The number of carboxylic acid groups (broad SMARTS) is 2. The Labute approximate surface area is 208 Å². The summed E-state index contributed by atoms with van der Waals surface area (Å²) >= 11 is 0. The molecule has 1 aliphatic heterocycles. The van der Waals surface area contributed by atoms with E-state index in [1.807, 2.05) is 30.3 Å². The summed E-state index contributed by atoms with van der Waals surface area (Å²) in [6.45, 7) is 2.92. The number of aliphatic carboxylic acids is 2. The number of rotatable bonds is 6. The lowest BCUT2D eigenvalue weighted by molar-refractivity contribution is -0.134. The van der Waals surface area contributed by atoms with Gasteiger partial charge in [-0.3, -0.25) is 4.90 Å². The number of piperidine rings is 1. The zero-order chi connectivity index (χ0) is 25.9. The highest BCUT2D eigenvalue weighted by Crippen LogP contribution is 2.33. The van der Waals surface area contributed by atoms with Crippen LogP contribution < -0.4 is 0 Å². The molecule has 0 saturated carbocycles. The first-order chi connectivity index (χ1) is 17.3. The van der Waals surface area contributed by atoms with E-state index in [2.05, 4.69) is 29.2 Å². The first-order valence-electron chi connectivity index (χ1n) is 11.5. The average Bonchev–Trinajstić information content (AvgIpc) is 2.87. The van der Waals surface area contributed by atoms with Gasteiger partial charge in [-0.05, 0) is 59.4 Å². The number of hydrogen-bond acceptors (Lipinski definition) is 3. The number of halogens is 2. The van der Waals surface area contributed by atoms with E-state index in [-0.39, 0.29) is 11.6 Å². The van der Waals surface area contributed by atoms with Crippen LogP contribution in [-0.4, -0.2) is 40.1 Å². The largest absolute Gasteiger partial charge is 0.478 e. The van der Waals surface area contributed by atoms with Crippen LogP contribution in [0.4, 0.5) is 8.78 Å². The maximum Gasteiger partial charge on any atom is 0.328 e. The van der Waals surface area contributed by atoms with Gasteiger partial charge in [-0.25, -0.2) is 18.4 Å². The van der Waals surface area contributed by atoms with Crippen molar-refractivity contribution in [3.05, 3.63) is 125 Å². The molecule has 3 aromatic rings. The van der Waals surface area contributed by atoms with Crippen LogP contribution in [0.25, 0.3) is 5.57 Å². The summed E-state index contributed by atoms with van der Waals surface area (Å²) in [5.41, 5.74) is 5.76. The highest BCUT2D eigenvalue weighted by Gasteiger charge is 2.19. The van der Waals surface area contributed by atoms with E-state index in [9.17, 15) is 18.4 Å². The van der Waals surface area contributed by atoms with Crippen LogP contribution in [0.15, 0.2) is 96.6 Å². The second-order valence-electron chi connectivity index (χ2n) is 8.26. The summed E-state index contributed by atoms with van der Waals surface area (Å²) < 4.78 is 26.9. The number of benzene rings is 3. The second-order valence-corrected chi connectivity index (χ2v) is 8.26. The minimum Gasteiger partial charge on any atom is -0.478 e. The third-order valence-corrected chi connectivity index (χ3v) is 5.70. The summed E-state index contributed by atoms with van der Waals surface area (Å²) in [6.07, 6.45) is 3.03. The fraction of sp³-hybridized carbons (Fsp3) is 0.172. The van der Waals surface area contributed by atoms with Crippen molar-refractivity contribution in [2.45, 2.75) is 19.4 Å². The van der Waals surface area contributed by atoms with Gasteiger partial charge in [-0.1, -0.05) is 60.2 Å². The zero-order valence-corrected chi connectivity index (χ0v) is 19.6. The van der Waals surface area contributed by atoms with Crippen LogP contribution in [0.2, 0.25) is 0 Å². The van der Waals surface area contributed by atoms with Gasteiger partial charge in [0.05, 0.1) is 0 Å². The Morgan fingerprint density at radius 3 is 1.58 bits per heavy atom. The molecule has 4 rings (SSSR count). The maximum absolute atomic E-state index is 13.4. The van der Waals surface area contributed by atoms with Crippen molar-refractivity contribution in [3.63, 3.8) is 0 Å². The maximum atomic E-state index is 13.4. The second kappa shape index (κ2) is 13.1. The van der Waals surface area contributed by atoms with Gasteiger partial charge in [-0.15, -0.1) is 0 Å². The first-order valence-corrected chi connectivity index (χ1v) is 11.5. The van der Waals surface area contributed by atoms with Crippen molar-refractivity contribution >= 4 is 17.5 Å². The monoisotopic (exact) mass is 491 g/mol. The predicted octanol–water partition coefficient (Wildman–Crippen LogP) is 5.77. The van der Waals surface area contributed by atoms with E-state index in [0.29, 0.717) is 12.2 Å². The van der Waals surface area contributed by atoms with Crippen LogP contribution in [-0.2, 0) is 16.1 Å². The highest BCUT2D eigenvalue weighted by molar-refractivity contribution is 5.89. The Morgan fingerprint density at radius 2 is 1.17 bits per heavy atom. The topological polar surface area (TPSA) is 77.8 Å². The summed E-state index contributed by atoms with van der Waals surface area (Å²) in [5, 5.41) is 15.6. The molecule has 1 aliphatic rings. The first kappa shape index (κ1) is 26.5. The van der Waals surface area contributed by atoms with E-state index >= 15 is 0 Å². The molecule has 0 aromatic heterocycles. The molecule has 1 saturated heterocycles. The van der Waals surface area contributed by atoms with Crippen LogP contribution in [0.3, 0.4) is 0 Å². The van der Waals surface area contributed by atoms with Crippen LogP contribution in [0.1, 0.15) is 29.5 Å². The van der Waals surface area contributed by atoms with Crippen molar-refractivity contribution in [1.29, 1.82) is 0 Å². The normalized spacial score (nSPS) is 13.7. The molecule has 5 nitrogen and oxygen atoms in total. The Kier molecular flexibility index (Phi) is 9.65. The molecule has 0 radical (unpaired) electrons. The fourth-order valence-corrected chi connectivity index (χ4v) is 4.02. The van der Waals surface area contributed by atoms with E-state index < -0.39 is 11.9 Å². The third kappa shape index (κ3) is 8.29. The lowest BCUT2D eigenvalue weighted by Crippen LogP contribution is -2.30. The molecule has 1 fully saturated rings. The molecule has 0 atom stereocenters. The highest BCUT2D eigenvalue weighted by atomic mass is 19.1. The predicted molar refractivity (Wildman–Crippen MR) is 134 cm³/mol. The van der Waals surface area contributed by atoms with Gasteiger partial charge in [0.25, 0.3) is 0 Å². The van der Waals surface area contributed by atoms with E-state index in [0.717, 1.165) is 49.2 Å². The van der Waals surface area contributed by atoms with Crippen LogP contribution in [0, 0.1) is 11.6 Å². The number of carboxylic acids is 2. The smallest absolute Gasteiger partial charge is 0.328 e. The van der Waals surface area contributed by atoms with Gasteiger partial charge in [0.15, 0.2) is 0 Å². The summed E-state index contributed by atoms with van der Waals surface area (Å²) in [6, 6.07) is 23.7. The van der Waals surface area contributed by atoms with Gasteiger partial charge in [-0.2, -0.15) is 0 Å². The van der Waals surface area contributed by atoms with Gasteiger partial charge in [0.1, 0.15) is 11.6 Å². The lowest BCUT2D eigenvalue weighted by atomic mass is 9.88. The van der Waals surface area contributed by atoms with Crippen molar-refractivity contribution in [2.24, 2.45) is 0 Å². The standard InChI is InChI=1S/C25H23F2N.C4H4O4/c26-23-10-6-20(7-11-23)25(21-8-12-24(27)13-9-21)22-14-16-28(17-15-22)18-19-4-2-1-3-5-19;5-3(6)1-2-4(7)8/h1-13H,14-18H2;1-2H,(H,5,6)(H,7,8). The summed E-state index contributed by atoms with van der Waals surface area (Å²) in [7, 11) is 0. The molecule has 0 unspecified atom stereocenters. The number of hydrogen-bond donors (Lipinski definition) is 2. The van der Waals surface area contributed by atoms with E-state index in [4.69, 9.17) is 10.2 Å². The summed E-state index contributed by atoms with van der Waals surface area (Å²) in [4.78, 5) is 21.6. The van der Waals surface area contributed by atoms with Crippen LogP contribution in [0.5, 0.6) is 0 Å². The van der Waals surface area contributed by atoms with Crippen molar-refractivity contribution in [2.75, 3.05) is 13.1 Å². The molecule has 0 amide bonds. The van der Waals surface area contributed by atoms with Gasteiger partial charge >= 0.3 is 11.9 Å². The minimum absolute atomic E-state index is 0.245. The average molecular weight is 492 g/mol. The van der Waals surface area contributed by atoms with Gasteiger partial charge in [0.2, 0.25) is 0 Å². The third-order valence-electron chi connectivity index (χ3n) is 5.70. The number of nitrogens with zero attached hydrogens (tertiary/aromatic N) is 1. The van der Waals surface area contributed by atoms with E-state index in [1.165, 1.54) is 35.4 Å². The molecule has 36 heavy (non-hydrogen) atoms.